The third-order valence-electron chi connectivity index (χ3n) is 3.69. The number of hydrogen-bond donors (Lipinski definition) is 0. The molecule has 0 radical (unpaired) electrons. The molecule has 1 unspecified atom stereocenters. The van der Waals surface area contributed by atoms with Gasteiger partial charge in [0.1, 0.15) is 5.65 Å². The molecule has 0 aliphatic heterocycles. The van der Waals surface area contributed by atoms with Gasteiger partial charge in [0.15, 0.2) is 0 Å². The van der Waals surface area contributed by atoms with Crippen molar-refractivity contribution < 1.29 is 0 Å². The summed E-state index contributed by atoms with van der Waals surface area (Å²) in [4.78, 5) is 4.81. The molecule has 0 spiro atoms. The highest BCUT2D eigenvalue weighted by atomic mass is 35.5. The number of benzene rings is 1. The van der Waals surface area contributed by atoms with Gasteiger partial charge in [-0.1, -0.05) is 23.7 Å². The van der Waals surface area contributed by atoms with Crippen LogP contribution in [0.25, 0.3) is 16.9 Å². The average molecular weight is 319 g/mol. The van der Waals surface area contributed by atoms with Crippen LogP contribution in [0.15, 0.2) is 36.5 Å². The minimum absolute atomic E-state index is 0.132. The molecule has 0 bridgehead atoms. The zero-order valence-corrected chi connectivity index (χ0v) is 13.7. The fourth-order valence-electron chi connectivity index (χ4n) is 2.61. The van der Waals surface area contributed by atoms with E-state index in [9.17, 15) is 0 Å². The summed E-state index contributed by atoms with van der Waals surface area (Å²) in [7, 11) is 0. The van der Waals surface area contributed by atoms with Crippen LogP contribution in [0.4, 0.5) is 0 Å². The predicted molar refractivity (Wildman–Crippen MR) is 89.4 cm³/mol. The molecular weight excluding hydrogens is 303 g/mol. The molecule has 3 rings (SSSR count). The van der Waals surface area contributed by atoms with Crippen LogP contribution < -0.4 is 0 Å². The summed E-state index contributed by atoms with van der Waals surface area (Å²) in [5.74, 6) is 0. The highest BCUT2D eigenvalue weighted by Gasteiger charge is 2.19. The monoisotopic (exact) mass is 318 g/mol. The SMILES string of the molecule is Cc1cc(-c2nc3c(C)cccn3c2C(C)Cl)ccc1Cl. The number of alkyl halides is 1. The van der Waals surface area contributed by atoms with Gasteiger partial charge in [-0.15, -0.1) is 11.6 Å². The number of nitrogens with zero attached hydrogens (tertiary/aromatic N) is 2. The number of fused-ring (bicyclic) bond motifs is 1. The third-order valence-corrected chi connectivity index (χ3v) is 4.32. The minimum atomic E-state index is -0.132. The van der Waals surface area contributed by atoms with Crippen molar-refractivity contribution in [3.8, 4) is 11.3 Å². The van der Waals surface area contributed by atoms with Crippen molar-refractivity contribution in [2.24, 2.45) is 0 Å². The number of halogens is 2. The number of imidazole rings is 1. The van der Waals surface area contributed by atoms with Gasteiger partial charge in [0, 0.05) is 16.8 Å². The molecule has 0 fully saturated rings. The van der Waals surface area contributed by atoms with E-state index < -0.39 is 0 Å². The number of hydrogen-bond acceptors (Lipinski definition) is 1. The molecule has 21 heavy (non-hydrogen) atoms. The first-order valence-corrected chi connectivity index (χ1v) is 7.68. The van der Waals surface area contributed by atoms with E-state index in [1.165, 1.54) is 0 Å². The van der Waals surface area contributed by atoms with Gasteiger partial charge in [-0.05, 0) is 50.1 Å². The Hall–Kier alpha value is -1.51. The molecule has 0 aliphatic rings. The van der Waals surface area contributed by atoms with Crippen molar-refractivity contribution in [2.75, 3.05) is 0 Å². The van der Waals surface area contributed by atoms with Crippen molar-refractivity contribution in [1.82, 2.24) is 9.38 Å². The summed E-state index contributed by atoms with van der Waals surface area (Å²) in [6.07, 6.45) is 2.01. The first-order valence-electron chi connectivity index (χ1n) is 6.87. The van der Waals surface area contributed by atoms with E-state index in [0.29, 0.717) is 0 Å². The van der Waals surface area contributed by atoms with E-state index >= 15 is 0 Å². The lowest BCUT2D eigenvalue weighted by molar-refractivity contribution is 0.962. The maximum Gasteiger partial charge on any atom is 0.140 e. The Labute approximate surface area is 134 Å². The maximum absolute atomic E-state index is 6.42. The van der Waals surface area contributed by atoms with Gasteiger partial charge < -0.3 is 4.40 Å². The Kier molecular flexibility index (Phi) is 3.68. The van der Waals surface area contributed by atoms with Crippen molar-refractivity contribution in [3.05, 3.63) is 58.4 Å². The molecule has 0 aliphatic carbocycles. The Morgan fingerprint density at radius 3 is 2.57 bits per heavy atom. The van der Waals surface area contributed by atoms with Crippen LogP contribution in [0.1, 0.15) is 29.1 Å². The van der Waals surface area contributed by atoms with E-state index in [0.717, 1.165) is 38.7 Å². The molecule has 1 atom stereocenters. The zero-order valence-electron chi connectivity index (χ0n) is 12.2. The van der Waals surface area contributed by atoms with Gasteiger partial charge in [0.25, 0.3) is 0 Å². The van der Waals surface area contributed by atoms with Crippen LogP contribution in [0, 0.1) is 13.8 Å². The maximum atomic E-state index is 6.42. The van der Waals surface area contributed by atoms with Crippen LogP contribution in [0.5, 0.6) is 0 Å². The second-order valence-corrected chi connectivity index (χ2v) is 6.37. The molecule has 0 saturated carbocycles. The summed E-state index contributed by atoms with van der Waals surface area (Å²) in [5.41, 5.74) is 6.10. The minimum Gasteiger partial charge on any atom is -0.302 e. The fraction of sp³-hybridized carbons (Fsp3) is 0.235. The molecule has 2 aromatic heterocycles. The van der Waals surface area contributed by atoms with Crippen molar-refractivity contribution in [1.29, 1.82) is 0 Å². The molecule has 2 heterocycles. The molecule has 0 amide bonds. The van der Waals surface area contributed by atoms with E-state index in [-0.39, 0.29) is 5.38 Å². The molecule has 2 nitrogen and oxygen atoms in total. The molecule has 3 aromatic rings. The quantitative estimate of drug-likeness (QED) is 0.564. The van der Waals surface area contributed by atoms with Crippen LogP contribution in [-0.4, -0.2) is 9.38 Å². The lowest BCUT2D eigenvalue weighted by atomic mass is 10.1. The standard InChI is InChI=1S/C17H16Cl2N2/c1-10-5-4-8-21-16(12(3)18)15(20-17(10)21)13-6-7-14(19)11(2)9-13/h4-9,12H,1-3H3. The predicted octanol–water partition coefficient (Wildman–Crippen LogP) is 5.57. The smallest absolute Gasteiger partial charge is 0.140 e. The van der Waals surface area contributed by atoms with E-state index in [1.807, 2.05) is 38.2 Å². The second kappa shape index (κ2) is 5.36. The Morgan fingerprint density at radius 1 is 1.14 bits per heavy atom. The lowest BCUT2D eigenvalue weighted by Gasteiger charge is -2.08. The van der Waals surface area contributed by atoms with Crippen molar-refractivity contribution in [2.45, 2.75) is 26.1 Å². The average Bonchev–Trinajstić information content (AvgIpc) is 2.83. The van der Waals surface area contributed by atoms with E-state index in [1.54, 1.807) is 0 Å². The van der Waals surface area contributed by atoms with E-state index in [2.05, 4.69) is 23.5 Å². The highest BCUT2D eigenvalue weighted by Crippen LogP contribution is 2.34. The second-order valence-electron chi connectivity index (χ2n) is 5.31. The molecule has 0 saturated heterocycles. The zero-order chi connectivity index (χ0) is 15.1. The van der Waals surface area contributed by atoms with Gasteiger partial charge in [-0.25, -0.2) is 4.98 Å². The summed E-state index contributed by atoms with van der Waals surface area (Å²) >= 11 is 12.5. The Morgan fingerprint density at radius 2 is 1.90 bits per heavy atom. The summed E-state index contributed by atoms with van der Waals surface area (Å²) in [6.45, 7) is 6.03. The summed E-state index contributed by atoms with van der Waals surface area (Å²) in [5, 5.41) is 0.631. The molecule has 1 aromatic carbocycles. The van der Waals surface area contributed by atoms with Gasteiger partial charge in [0.2, 0.25) is 0 Å². The van der Waals surface area contributed by atoms with Gasteiger partial charge in [-0.2, -0.15) is 0 Å². The third kappa shape index (κ3) is 2.43. The summed E-state index contributed by atoms with van der Waals surface area (Å²) < 4.78 is 2.08. The van der Waals surface area contributed by atoms with Crippen LogP contribution in [-0.2, 0) is 0 Å². The molecule has 108 valence electrons. The molecular formula is C17H16Cl2N2. The molecule has 4 heteroatoms. The highest BCUT2D eigenvalue weighted by molar-refractivity contribution is 6.31. The number of aromatic nitrogens is 2. The van der Waals surface area contributed by atoms with Crippen LogP contribution >= 0.6 is 23.2 Å². The first kappa shape index (κ1) is 14.4. The van der Waals surface area contributed by atoms with Gasteiger partial charge >= 0.3 is 0 Å². The number of pyridine rings is 1. The van der Waals surface area contributed by atoms with Crippen LogP contribution in [0.2, 0.25) is 5.02 Å². The summed E-state index contributed by atoms with van der Waals surface area (Å²) in [6, 6.07) is 10.0. The van der Waals surface area contributed by atoms with Gasteiger partial charge in [0.05, 0.1) is 16.8 Å². The fourth-order valence-corrected chi connectivity index (χ4v) is 2.93. The molecule has 0 N–H and O–H groups in total. The number of aryl methyl sites for hydroxylation is 2. The van der Waals surface area contributed by atoms with Crippen LogP contribution in [0.3, 0.4) is 0 Å². The van der Waals surface area contributed by atoms with Crippen molar-refractivity contribution in [3.63, 3.8) is 0 Å². The topological polar surface area (TPSA) is 17.3 Å². The van der Waals surface area contributed by atoms with Gasteiger partial charge in [-0.3, -0.25) is 0 Å². The van der Waals surface area contributed by atoms with Crippen molar-refractivity contribution >= 4 is 28.8 Å². The number of rotatable bonds is 2. The van der Waals surface area contributed by atoms with E-state index in [4.69, 9.17) is 28.2 Å². The lowest BCUT2D eigenvalue weighted by Crippen LogP contribution is -1.96. The Bertz CT molecular complexity index is 819. The normalized spacial score (nSPS) is 12.8. The Balaban J connectivity index is 2.33. The largest absolute Gasteiger partial charge is 0.302 e. The first-order chi connectivity index (χ1) is 9.99.